The predicted octanol–water partition coefficient (Wildman–Crippen LogP) is -0.223. The van der Waals surface area contributed by atoms with Crippen LogP contribution in [0.3, 0.4) is 0 Å². The van der Waals surface area contributed by atoms with Crippen LogP contribution >= 0.6 is 0 Å². The first-order valence-electron chi connectivity index (χ1n) is 13.6. The van der Waals surface area contributed by atoms with E-state index in [9.17, 15) is 43.8 Å². The number of rotatable bonds is 18. The van der Waals surface area contributed by atoms with Gasteiger partial charge in [0.1, 0.15) is 24.2 Å². The molecule has 0 aliphatic rings. The lowest BCUT2D eigenvalue weighted by Crippen LogP contribution is -2.54. The Morgan fingerprint density at radius 2 is 1.05 bits per heavy atom. The molecular weight excluding hydrogens is 578 g/mol. The number of aliphatic carboxylic acids is 3. The van der Waals surface area contributed by atoms with E-state index in [1.165, 1.54) is 0 Å². The molecule has 0 aliphatic carbocycles. The quantitative estimate of drug-likeness (QED) is 0.110. The van der Waals surface area contributed by atoms with Crippen molar-refractivity contribution in [2.75, 3.05) is 0 Å². The van der Waals surface area contributed by atoms with Crippen molar-refractivity contribution in [3.8, 4) is 0 Å². The molecule has 2 aromatic carbocycles. The van der Waals surface area contributed by atoms with Gasteiger partial charge in [0.2, 0.25) is 17.7 Å². The minimum absolute atomic E-state index is 0.0329. The van der Waals surface area contributed by atoms with Crippen LogP contribution in [0.4, 0.5) is 4.79 Å². The molecule has 0 heterocycles. The fourth-order valence-electron chi connectivity index (χ4n) is 4.09. The van der Waals surface area contributed by atoms with Crippen molar-refractivity contribution in [2.45, 2.75) is 62.7 Å². The number of benzene rings is 2. The Balaban J connectivity index is 2.07. The number of carboxylic acid groups (broad SMARTS) is 3. The minimum atomic E-state index is -1.62. The first-order chi connectivity index (χ1) is 20.8. The number of carbonyl (C=O) groups excluding carboxylic acids is 4. The van der Waals surface area contributed by atoms with Gasteiger partial charge < -0.3 is 42.3 Å². The molecule has 2 aromatic rings. The lowest BCUT2D eigenvalue weighted by atomic mass is 10.0. The van der Waals surface area contributed by atoms with E-state index in [0.717, 1.165) is 5.56 Å². The number of primary amides is 1. The summed E-state index contributed by atoms with van der Waals surface area (Å²) in [4.78, 5) is 84.2. The lowest BCUT2D eigenvalue weighted by Gasteiger charge is -2.23. The topological polar surface area (TPSA) is 254 Å². The zero-order valence-electron chi connectivity index (χ0n) is 23.6. The summed E-state index contributed by atoms with van der Waals surface area (Å²) in [5.74, 6) is -6.54. The van der Waals surface area contributed by atoms with E-state index < -0.39 is 91.5 Å². The van der Waals surface area contributed by atoms with Crippen molar-refractivity contribution < 1.29 is 48.9 Å². The Hall–Kier alpha value is -5.47. The zero-order valence-corrected chi connectivity index (χ0v) is 23.6. The van der Waals surface area contributed by atoms with Gasteiger partial charge in [-0.25, -0.2) is 14.4 Å². The van der Waals surface area contributed by atoms with Crippen molar-refractivity contribution in [1.29, 1.82) is 0 Å². The highest BCUT2D eigenvalue weighted by molar-refractivity contribution is 5.92. The van der Waals surface area contributed by atoms with Gasteiger partial charge in [-0.3, -0.25) is 19.2 Å². The summed E-state index contributed by atoms with van der Waals surface area (Å²) in [7, 11) is 0. The van der Waals surface area contributed by atoms with Crippen LogP contribution in [-0.2, 0) is 41.6 Å². The molecule has 0 aromatic heterocycles. The second kappa shape index (κ2) is 17.5. The van der Waals surface area contributed by atoms with Crippen LogP contribution in [0.25, 0.3) is 0 Å². The average molecular weight is 614 g/mol. The highest BCUT2D eigenvalue weighted by atomic mass is 16.4. The summed E-state index contributed by atoms with van der Waals surface area (Å²) in [5, 5.41) is 36.6. The Bertz CT molecular complexity index is 1320. The molecule has 44 heavy (non-hydrogen) atoms. The van der Waals surface area contributed by atoms with E-state index in [4.69, 9.17) is 10.8 Å². The van der Waals surface area contributed by atoms with E-state index in [-0.39, 0.29) is 12.8 Å². The monoisotopic (exact) mass is 613 g/mol. The van der Waals surface area contributed by atoms with Gasteiger partial charge in [0, 0.05) is 25.7 Å². The summed E-state index contributed by atoms with van der Waals surface area (Å²) in [5.41, 5.74) is 6.95. The van der Waals surface area contributed by atoms with E-state index in [1.54, 1.807) is 60.7 Å². The van der Waals surface area contributed by atoms with Crippen LogP contribution in [0.15, 0.2) is 60.7 Å². The molecule has 236 valence electrons. The summed E-state index contributed by atoms with van der Waals surface area (Å²) in [6.07, 6.45) is -1.74. The molecule has 0 fully saturated rings. The van der Waals surface area contributed by atoms with Crippen molar-refractivity contribution >= 4 is 41.7 Å². The number of hydrogen-bond acceptors (Lipinski definition) is 7. The molecule has 2 rings (SSSR count). The van der Waals surface area contributed by atoms with Crippen molar-refractivity contribution in [3.63, 3.8) is 0 Å². The summed E-state index contributed by atoms with van der Waals surface area (Å²) < 4.78 is 0. The van der Waals surface area contributed by atoms with Gasteiger partial charge in [0.25, 0.3) is 0 Å². The number of amides is 5. The minimum Gasteiger partial charge on any atom is -0.481 e. The van der Waals surface area contributed by atoms with Gasteiger partial charge >= 0.3 is 23.9 Å². The molecule has 15 nitrogen and oxygen atoms in total. The van der Waals surface area contributed by atoms with Crippen LogP contribution in [0.1, 0.15) is 36.8 Å². The number of nitrogens with two attached hydrogens (primary N) is 1. The Kier molecular flexibility index (Phi) is 13.8. The first kappa shape index (κ1) is 34.7. The molecule has 0 saturated heterocycles. The van der Waals surface area contributed by atoms with E-state index in [0.29, 0.717) is 5.56 Å². The number of hydrogen-bond donors (Lipinski definition) is 8. The van der Waals surface area contributed by atoms with E-state index >= 15 is 0 Å². The third-order valence-corrected chi connectivity index (χ3v) is 6.39. The SMILES string of the molecule is NC(=O)[C@H](Cc1ccccc1)NC(=O)[C@H](Cc1ccccc1)NC(=O)CC[C@H](NC(=O)N[C@@H](CCC(=O)O)C(=O)O)C(=O)O. The standard InChI is InChI=1S/C29H35N5O10/c30-25(38)21(15-17-7-3-1-4-8-17)32-26(39)22(16-18-9-5-2-6-10-18)31-23(35)13-11-19(27(40)41)33-29(44)34-20(28(42)43)12-14-24(36)37/h1-10,19-22H,11-16H2,(H2,30,38)(H,31,35)(H,32,39)(H,36,37)(H,40,41)(H,42,43)(H2,33,34,44)/t19-,20-,21-,22-/m0/s1. The van der Waals surface area contributed by atoms with Gasteiger partial charge in [-0.1, -0.05) is 60.7 Å². The van der Waals surface area contributed by atoms with Gasteiger partial charge in [0.15, 0.2) is 0 Å². The zero-order chi connectivity index (χ0) is 32.6. The maximum Gasteiger partial charge on any atom is 0.326 e. The average Bonchev–Trinajstić information content (AvgIpc) is 2.97. The summed E-state index contributed by atoms with van der Waals surface area (Å²) in [6, 6.07) is 10.9. The molecule has 0 aliphatic heterocycles. The fourth-order valence-corrected chi connectivity index (χ4v) is 4.09. The highest BCUT2D eigenvalue weighted by Crippen LogP contribution is 2.08. The van der Waals surface area contributed by atoms with Gasteiger partial charge in [-0.2, -0.15) is 0 Å². The largest absolute Gasteiger partial charge is 0.481 e. The number of carboxylic acids is 3. The third kappa shape index (κ3) is 12.6. The van der Waals surface area contributed by atoms with Crippen LogP contribution in [-0.4, -0.2) is 81.1 Å². The van der Waals surface area contributed by atoms with Crippen LogP contribution in [0, 0.1) is 0 Å². The van der Waals surface area contributed by atoms with Crippen molar-refractivity contribution in [1.82, 2.24) is 21.3 Å². The smallest absolute Gasteiger partial charge is 0.326 e. The lowest BCUT2D eigenvalue weighted by molar-refractivity contribution is -0.141. The molecule has 4 atom stereocenters. The first-order valence-corrected chi connectivity index (χ1v) is 13.6. The molecule has 0 saturated carbocycles. The van der Waals surface area contributed by atoms with Crippen LogP contribution in [0.5, 0.6) is 0 Å². The molecule has 0 spiro atoms. The molecular formula is C29H35N5O10. The maximum absolute atomic E-state index is 13.3. The number of nitrogens with one attached hydrogen (secondary N) is 4. The molecule has 15 heteroatoms. The van der Waals surface area contributed by atoms with Crippen LogP contribution < -0.4 is 27.0 Å². The molecule has 0 radical (unpaired) electrons. The molecule has 9 N–H and O–H groups in total. The second-order valence-corrected chi connectivity index (χ2v) is 9.83. The number of urea groups is 1. The Morgan fingerprint density at radius 3 is 1.48 bits per heavy atom. The second-order valence-electron chi connectivity index (χ2n) is 9.83. The van der Waals surface area contributed by atoms with E-state index in [1.807, 2.05) is 5.32 Å². The number of carbonyl (C=O) groups is 7. The fraction of sp³-hybridized carbons (Fsp3) is 0.345. The molecule has 0 unspecified atom stereocenters. The van der Waals surface area contributed by atoms with Crippen molar-refractivity contribution in [2.24, 2.45) is 5.73 Å². The molecule has 5 amide bonds. The molecule has 0 bridgehead atoms. The van der Waals surface area contributed by atoms with E-state index in [2.05, 4.69) is 16.0 Å². The van der Waals surface area contributed by atoms with Gasteiger partial charge in [-0.05, 0) is 24.0 Å². The normalized spacial score (nSPS) is 13.3. The summed E-state index contributed by atoms with van der Waals surface area (Å²) in [6.45, 7) is 0. The highest BCUT2D eigenvalue weighted by Gasteiger charge is 2.28. The Morgan fingerprint density at radius 1 is 0.591 bits per heavy atom. The van der Waals surface area contributed by atoms with Crippen LogP contribution in [0.2, 0.25) is 0 Å². The summed E-state index contributed by atoms with van der Waals surface area (Å²) >= 11 is 0. The van der Waals surface area contributed by atoms with Gasteiger partial charge in [-0.15, -0.1) is 0 Å². The van der Waals surface area contributed by atoms with Crippen molar-refractivity contribution in [3.05, 3.63) is 71.8 Å². The Labute approximate surface area is 252 Å². The third-order valence-electron chi connectivity index (χ3n) is 6.39. The van der Waals surface area contributed by atoms with Gasteiger partial charge in [0.05, 0.1) is 0 Å². The predicted molar refractivity (Wildman–Crippen MR) is 154 cm³/mol. The maximum atomic E-state index is 13.3.